The molecule has 0 atom stereocenters. The minimum absolute atomic E-state index is 0.0600. The van der Waals surface area contributed by atoms with E-state index in [0.29, 0.717) is 21.6 Å². The molecule has 0 unspecified atom stereocenters. The summed E-state index contributed by atoms with van der Waals surface area (Å²) in [6.45, 7) is 0. The first-order valence-corrected chi connectivity index (χ1v) is 11.4. The fraction of sp³-hybridized carbons (Fsp3) is 0.105. The zero-order chi connectivity index (χ0) is 22.5. The van der Waals surface area contributed by atoms with E-state index in [-0.39, 0.29) is 26.3 Å². The second-order valence-electron chi connectivity index (χ2n) is 6.69. The maximum Gasteiger partial charge on any atom is 0.328 e. The molecule has 0 aliphatic heterocycles. The number of hydrogen-bond acceptors (Lipinski definition) is 6. The second kappa shape index (κ2) is 7.66. The van der Waals surface area contributed by atoms with Crippen molar-refractivity contribution < 1.29 is 17.7 Å². The highest BCUT2D eigenvalue weighted by molar-refractivity contribution is 9.10. The normalized spacial score (nSPS) is 11.7. The molecule has 0 radical (unpaired) electrons. The van der Waals surface area contributed by atoms with Crippen molar-refractivity contribution in [3.05, 3.63) is 68.2 Å². The third-order valence-corrected chi connectivity index (χ3v) is 7.32. The Morgan fingerprint density at radius 2 is 1.74 bits per heavy atom. The number of fused-ring (bicyclic) bond motifs is 1. The van der Waals surface area contributed by atoms with Crippen LogP contribution >= 0.6 is 27.5 Å². The molecule has 0 bridgehead atoms. The smallest absolute Gasteiger partial charge is 0.328 e. The van der Waals surface area contributed by atoms with E-state index in [9.17, 15) is 18.0 Å². The molecule has 2 heterocycles. The van der Waals surface area contributed by atoms with Crippen LogP contribution in [0, 0.1) is 0 Å². The number of benzene rings is 2. The minimum Gasteiger partial charge on any atom is -0.363 e. The lowest BCUT2D eigenvalue weighted by Crippen LogP contribution is -2.31. The van der Waals surface area contributed by atoms with Gasteiger partial charge in [0, 0.05) is 29.2 Å². The number of carbonyl (C=O) groups is 1. The van der Waals surface area contributed by atoms with Gasteiger partial charge in [0.25, 0.3) is 15.9 Å². The van der Waals surface area contributed by atoms with Gasteiger partial charge in [-0.15, -0.1) is 0 Å². The summed E-state index contributed by atoms with van der Waals surface area (Å²) in [4.78, 5) is 24.7. The quantitative estimate of drug-likeness (QED) is 0.438. The van der Waals surface area contributed by atoms with Gasteiger partial charge in [-0.3, -0.25) is 13.9 Å². The number of rotatable bonds is 4. The van der Waals surface area contributed by atoms with E-state index in [4.69, 9.17) is 16.1 Å². The van der Waals surface area contributed by atoms with Crippen molar-refractivity contribution in [2.45, 2.75) is 4.90 Å². The van der Waals surface area contributed by atoms with Gasteiger partial charge in [0.1, 0.15) is 22.4 Å². The summed E-state index contributed by atoms with van der Waals surface area (Å²) in [6, 6.07) is 9.32. The van der Waals surface area contributed by atoms with E-state index in [1.54, 1.807) is 31.3 Å². The largest absolute Gasteiger partial charge is 0.363 e. The molecule has 0 aliphatic rings. The van der Waals surface area contributed by atoms with Crippen LogP contribution in [0.15, 0.2) is 61.3 Å². The zero-order valence-electron chi connectivity index (χ0n) is 16.1. The van der Waals surface area contributed by atoms with Gasteiger partial charge in [0.2, 0.25) is 0 Å². The number of nitrogens with zero attached hydrogens (tertiary/aromatic N) is 3. The Morgan fingerprint density at radius 1 is 1.13 bits per heavy atom. The lowest BCUT2D eigenvalue weighted by Gasteiger charge is -2.09. The highest BCUT2D eigenvalue weighted by Crippen LogP contribution is 2.28. The lowest BCUT2D eigenvalue weighted by atomic mass is 10.1. The van der Waals surface area contributed by atoms with Gasteiger partial charge in [-0.1, -0.05) is 28.9 Å². The molecule has 0 saturated heterocycles. The van der Waals surface area contributed by atoms with Gasteiger partial charge in [-0.2, -0.15) is 0 Å². The van der Waals surface area contributed by atoms with Crippen LogP contribution < -0.4 is 10.4 Å². The van der Waals surface area contributed by atoms with Gasteiger partial charge < -0.3 is 4.52 Å². The highest BCUT2D eigenvalue weighted by Gasteiger charge is 2.26. The van der Waals surface area contributed by atoms with E-state index in [0.717, 1.165) is 6.26 Å². The predicted molar refractivity (Wildman–Crippen MR) is 117 cm³/mol. The summed E-state index contributed by atoms with van der Waals surface area (Å²) in [7, 11) is -1.18. The first-order valence-electron chi connectivity index (χ1n) is 8.72. The highest BCUT2D eigenvalue weighted by atomic mass is 79.9. The fourth-order valence-electron chi connectivity index (χ4n) is 3.15. The van der Waals surface area contributed by atoms with Crippen LogP contribution in [0.25, 0.3) is 22.3 Å². The number of nitrogens with one attached hydrogen (secondary N) is 1. The molecule has 2 aromatic heterocycles. The van der Waals surface area contributed by atoms with Crippen LogP contribution in [0.4, 0.5) is 0 Å². The number of imidazole rings is 1. The van der Waals surface area contributed by atoms with Crippen LogP contribution in [0.3, 0.4) is 0 Å². The van der Waals surface area contributed by atoms with Crippen LogP contribution in [-0.2, 0) is 24.1 Å². The molecule has 1 amide bonds. The topological polar surface area (TPSA) is 116 Å². The van der Waals surface area contributed by atoms with Crippen molar-refractivity contribution in [2.24, 2.45) is 14.1 Å². The third kappa shape index (κ3) is 3.68. The number of hydrogen-bond donors (Lipinski definition) is 1. The average Bonchev–Trinajstić information content (AvgIpc) is 3.28. The molecule has 4 rings (SSSR count). The molecule has 0 aliphatic carbocycles. The van der Waals surface area contributed by atoms with Gasteiger partial charge in [0.15, 0.2) is 0 Å². The Bertz CT molecular complexity index is 1500. The van der Waals surface area contributed by atoms with Gasteiger partial charge in [-0.25, -0.2) is 17.9 Å². The molecule has 0 fully saturated rings. The van der Waals surface area contributed by atoms with Crippen molar-refractivity contribution >= 4 is 54.5 Å². The van der Waals surface area contributed by atoms with Gasteiger partial charge >= 0.3 is 5.69 Å². The molecule has 9 nitrogen and oxygen atoms in total. The monoisotopic (exact) mass is 524 g/mol. The first kappa shape index (κ1) is 21.3. The Morgan fingerprint density at radius 3 is 2.39 bits per heavy atom. The van der Waals surface area contributed by atoms with E-state index in [2.05, 4.69) is 21.1 Å². The Kier molecular flexibility index (Phi) is 5.28. The number of amides is 1. The summed E-state index contributed by atoms with van der Waals surface area (Å²) >= 11 is 9.10. The second-order valence-corrected chi connectivity index (χ2v) is 9.63. The molecule has 0 spiro atoms. The van der Waals surface area contributed by atoms with Crippen LogP contribution in [-0.4, -0.2) is 28.6 Å². The number of aromatic nitrogens is 3. The van der Waals surface area contributed by atoms with E-state index >= 15 is 0 Å². The molecule has 12 heteroatoms. The van der Waals surface area contributed by atoms with Crippen LogP contribution in [0.5, 0.6) is 0 Å². The molecule has 31 heavy (non-hydrogen) atoms. The number of halogens is 2. The van der Waals surface area contributed by atoms with Crippen molar-refractivity contribution in [3.8, 4) is 11.3 Å². The molecule has 0 saturated carbocycles. The Balaban J connectivity index is 1.72. The maximum absolute atomic E-state index is 13.0. The van der Waals surface area contributed by atoms with E-state index in [1.165, 1.54) is 28.3 Å². The Labute approximate surface area is 189 Å². The summed E-state index contributed by atoms with van der Waals surface area (Å²) in [5.74, 6) is -0.917. The molecule has 1 N–H and O–H groups in total. The minimum atomic E-state index is -4.30. The predicted octanol–water partition coefficient (Wildman–Crippen LogP) is 3.07. The molecule has 160 valence electrons. The van der Waals surface area contributed by atoms with Crippen LogP contribution in [0.1, 0.15) is 10.4 Å². The fourth-order valence-corrected chi connectivity index (χ4v) is 5.30. The summed E-state index contributed by atoms with van der Waals surface area (Å²) < 4.78 is 35.8. The van der Waals surface area contributed by atoms with E-state index in [1.807, 2.05) is 4.72 Å². The number of sulfonamides is 1. The molecular formula is C19H14BrClN4O5S. The van der Waals surface area contributed by atoms with E-state index < -0.39 is 15.9 Å². The summed E-state index contributed by atoms with van der Waals surface area (Å²) in [5.41, 5.74) is 1.27. The molecular weight excluding hydrogens is 512 g/mol. The van der Waals surface area contributed by atoms with Gasteiger partial charge in [0.05, 0.1) is 11.0 Å². The molecule has 2 aromatic carbocycles. The summed E-state index contributed by atoms with van der Waals surface area (Å²) in [5, 5.41) is 4.30. The van der Waals surface area contributed by atoms with Crippen molar-refractivity contribution in [1.82, 2.24) is 19.0 Å². The third-order valence-electron chi connectivity index (χ3n) is 4.77. The SMILES string of the molecule is Cn1c(=O)n(C)c2cc(S(=O)(=O)NC(=O)c3conc3-c3ccc(Cl)cc3)c(Br)cc21. The number of carbonyl (C=O) groups excluding carboxylic acids is 1. The Hall–Kier alpha value is -2.89. The van der Waals surface area contributed by atoms with Crippen molar-refractivity contribution in [1.29, 1.82) is 0 Å². The van der Waals surface area contributed by atoms with Crippen molar-refractivity contribution in [2.75, 3.05) is 0 Å². The number of aryl methyl sites for hydroxylation is 2. The summed E-state index contributed by atoms with van der Waals surface area (Å²) in [6.07, 6.45) is 1.06. The lowest BCUT2D eigenvalue weighted by molar-refractivity contribution is 0.0981. The molecule has 4 aromatic rings. The first-order chi connectivity index (χ1) is 14.6. The average molecular weight is 526 g/mol. The standard InChI is InChI=1S/C19H14BrClN4O5S/c1-24-14-7-13(20)16(8-15(14)25(2)19(24)27)31(28,29)23-18(26)12-9-30-22-17(12)10-3-5-11(21)6-4-10/h3-9H,1-2H3,(H,23,26). The maximum atomic E-state index is 13.0. The van der Waals surface area contributed by atoms with Gasteiger partial charge in [-0.05, 0) is 40.2 Å². The van der Waals surface area contributed by atoms with Crippen molar-refractivity contribution in [3.63, 3.8) is 0 Å². The zero-order valence-corrected chi connectivity index (χ0v) is 19.2. The van der Waals surface area contributed by atoms with Crippen LogP contribution in [0.2, 0.25) is 5.02 Å².